The highest BCUT2D eigenvalue weighted by atomic mass is 16.3. The van der Waals surface area contributed by atoms with E-state index in [1.165, 1.54) is 19.3 Å². The van der Waals surface area contributed by atoms with Crippen molar-refractivity contribution in [2.75, 3.05) is 6.54 Å². The number of nitrogens with one attached hydrogen (secondary N) is 2. The summed E-state index contributed by atoms with van der Waals surface area (Å²) in [5.74, 6) is 3.97. The van der Waals surface area contributed by atoms with Crippen LogP contribution in [0.25, 0.3) is 11.5 Å². The van der Waals surface area contributed by atoms with Crippen LogP contribution >= 0.6 is 0 Å². The molecule has 4 heterocycles. The zero-order chi connectivity index (χ0) is 17.1. The van der Waals surface area contributed by atoms with Gasteiger partial charge in [-0.25, -0.2) is 0 Å². The zero-order valence-electron chi connectivity index (χ0n) is 14.6. The predicted molar refractivity (Wildman–Crippen MR) is 94.0 cm³/mol. The van der Waals surface area contributed by atoms with Crippen molar-refractivity contribution in [2.24, 2.45) is 0 Å². The first-order chi connectivity index (χ1) is 12.3. The fraction of sp³-hybridized carbons (Fsp3) is 0.500. The molecule has 3 aromatic heterocycles. The maximum Gasteiger partial charge on any atom is 0.152 e. The number of fused-ring (bicyclic) bond motifs is 1. The summed E-state index contributed by atoms with van der Waals surface area (Å²) in [6, 6.07) is 3.93. The van der Waals surface area contributed by atoms with Crippen molar-refractivity contribution < 1.29 is 4.42 Å². The second-order valence-corrected chi connectivity index (χ2v) is 6.60. The highest BCUT2D eigenvalue weighted by molar-refractivity contribution is 5.56. The molecule has 0 bridgehead atoms. The van der Waals surface area contributed by atoms with E-state index in [2.05, 4.69) is 30.3 Å². The van der Waals surface area contributed by atoms with Crippen molar-refractivity contribution in [2.45, 2.75) is 52.1 Å². The third kappa shape index (κ3) is 3.51. The Morgan fingerprint density at radius 3 is 3.08 bits per heavy atom. The van der Waals surface area contributed by atoms with Crippen LogP contribution in [0.15, 0.2) is 22.7 Å². The summed E-state index contributed by atoms with van der Waals surface area (Å²) in [5.41, 5.74) is 2.05. The Bertz CT molecular complexity index is 830. The van der Waals surface area contributed by atoms with Crippen LogP contribution in [0, 0.1) is 6.92 Å². The van der Waals surface area contributed by atoms with Gasteiger partial charge in [-0.1, -0.05) is 6.42 Å². The molecule has 4 rings (SSSR count). The summed E-state index contributed by atoms with van der Waals surface area (Å²) in [6.07, 6.45) is 7.54. The number of aryl methyl sites for hydroxylation is 2. The maximum absolute atomic E-state index is 5.69. The van der Waals surface area contributed by atoms with E-state index >= 15 is 0 Å². The molecule has 132 valence electrons. The molecule has 1 aliphatic heterocycles. The molecule has 0 radical (unpaired) electrons. The summed E-state index contributed by atoms with van der Waals surface area (Å²) in [6.45, 7) is 4.60. The second kappa shape index (κ2) is 7.23. The molecular weight excluding hydrogens is 316 g/mol. The molecule has 0 fully saturated rings. The Balaban J connectivity index is 1.34. The van der Waals surface area contributed by atoms with Gasteiger partial charge in [-0.2, -0.15) is 5.10 Å². The van der Waals surface area contributed by atoms with Crippen LogP contribution in [0.4, 0.5) is 0 Å². The monoisotopic (exact) mass is 340 g/mol. The number of rotatable bonds is 6. The van der Waals surface area contributed by atoms with E-state index < -0.39 is 0 Å². The number of aromatic amines is 1. The van der Waals surface area contributed by atoms with Crippen LogP contribution in [-0.4, -0.2) is 31.5 Å². The van der Waals surface area contributed by atoms with Gasteiger partial charge in [0.05, 0.1) is 6.20 Å². The van der Waals surface area contributed by atoms with Gasteiger partial charge in [0.25, 0.3) is 0 Å². The largest absolute Gasteiger partial charge is 0.460 e. The van der Waals surface area contributed by atoms with Crippen molar-refractivity contribution in [3.8, 4) is 11.5 Å². The average molecular weight is 340 g/mol. The lowest BCUT2D eigenvalue weighted by molar-refractivity contribution is 0.545. The molecule has 25 heavy (non-hydrogen) atoms. The number of hydrogen-bond donors (Lipinski definition) is 2. The van der Waals surface area contributed by atoms with Gasteiger partial charge in [-0.3, -0.25) is 5.10 Å². The predicted octanol–water partition coefficient (Wildman–Crippen LogP) is 2.63. The van der Waals surface area contributed by atoms with Crippen molar-refractivity contribution in [1.29, 1.82) is 0 Å². The number of H-pyrrole nitrogens is 1. The normalized spacial score (nSPS) is 14.4. The molecular formula is C18H24N6O. The fourth-order valence-electron chi connectivity index (χ4n) is 3.38. The quantitative estimate of drug-likeness (QED) is 0.674. The fourth-order valence-corrected chi connectivity index (χ4v) is 3.38. The van der Waals surface area contributed by atoms with E-state index in [1.54, 1.807) is 0 Å². The Labute approximate surface area is 146 Å². The van der Waals surface area contributed by atoms with Crippen molar-refractivity contribution in [3.05, 3.63) is 41.3 Å². The molecule has 2 N–H and O–H groups in total. The Kier molecular flexibility index (Phi) is 4.65. The van der Waals surface area contributed by atoms with Crippen LogP contribution in [-0.2, 0) is 25.9 Å². The third-order valence-corrected chi connectivity index (χ3v) is 4.73. The number of hydrogen-bond acceptors (Lipinski definition) is 5. The second-order valence-electron chi connectivity index (χ2n) is 6.60. The SMILES string of the molecule is Cc1ccc(-c2[nH]ncc2CNCCc2nnc3n2CCCCC3)o1. The Morgan fingerprint density at radius 2 is 2.20 bits per heavy atom. The van der Waals surface area contributed by atoms with Gasteiger partial charge in [0.2, 0.25) is 0 Å². The summed E-state index contributed by atoms with van der Waals surface area (Å²) in [5, 5.41) is 19.4. The zero-order valence-corrected chi connectivity index (χ0v) is 14.6. The van der Waals surface area contributed by atoms with E-state index in [9.17, 15) is 0 Å². The molecule has 0 saturated heterocycles. The first-order valence-corrected chi connectivity index (χ1v) is 9.02. The summed E-state index contributed by atoms with van der Waals surface area (Å²) >= 11 is 0. The summed E-state index contributed by atoms with van der Waals surface area (Å²) in [4.78, 5) is 0. The van der Waals surface area contributed by atoms with Crippen LogP contribution in [0.5, 0.6) is 0 Å². The van der Waals surface area contributed by atoms with Crippen molar-refractivity contribution >= 4 is 0 Å². The van der Waals surface area contributed by atoms with Crippen molar-refractivity contribution in [1.82, 2.24) is 30.3 Å². The summed E-state index contributed by atoms with van der Waals surface area (Å²) in [7, 11) is 0. The molecule has 0 saturated carbocycles. The highest BCUT2D eigenvalue weighted by Crippen LogP contribution is 2.23. The molecule has 1 aliphatic rings. The Hall–Kier alpha value is -2.41. The molecule has 0 aliphatic carbocycles. The average Bonchev–Trinajstić information content (AvgIpc) is 3.29. The number of furan rings is 1. The van der Waals surface area contributed by atoms with Gasteiger partial charge in [0, 0.05) is 38.0 Å². The smallest absolute Gasteiger partial charge is 0.152 e. The number of aromatic nitrogens is 5. The molecule has 0 atom stereocenters. The third-order valence-electron chi connectivity index (χ3n) is 4.73. The van der Waals surface area contributed by atoms with E-state index in [0.29, 0.717) is 0 Å². The lowest BCUT2D eigenvalue weighted by Crippen LogP contribution is -2.19. The van der Waals surface area contributed by atoms with Crippen molar-refractivity contribution in [3.63, 3.8) is 0 Å². The van der Waals surface area contributed by atoms with Gasteiger partial charge < -0.3 is 14.3 Å². The summed E-state index contributed by atoms with van der Waals surface area (Å²) < 4.78 is 8.00. The van der Waals surface area contributed by atoms with Gasteiger partial charge in [0.15, 0.2) is 5.76 Å². The highest BCUT2D eigenvalue weighted by Gasteiger charge is 2.14. The standard InChI is InChI=1S/C18H24N6O/c1-13-6-7-15(25-13)18-14(12-20-23-18)11-19-9-8-17-22-21-16-5-3-2-4-10-24(16)17/h6-7,12,19H,2-5,8-11H2,1H3,(H,20,23). The Morgan fingerprint density at radius 1 is 1.24 bits per heavy atom. The van der Waals surface area contributed by atoms with Gasteiger partial charge in [-0.15, -0.1) is 10.2 Å². The minimum absolute atomic E-state index is 0.743. The lowest BCUT2D eigenvalue weighted by Gasteiger charge is -2.08. The number of nitrogens with zero attached hydrogens (tertiary/aromatic N) is 4. The molecule has 7 nitrogen and oxygen atoms in total. The molecule has 0 unspecified atom stereocenters. The molecule has 3 aromatic rings. The van der Waals surface area contributed by atoms with Crippen LogP contribution in [0.1, 0.15) is 42.2 Å². The minimum atomic E-state index is 0.743. The minimum Gasteiger partial charge on any atom is -0.460 e. The first kappa shape index (κ1) is 16.1. The topological polar surface area (TPSA) is 84.6 Å². The van der Waals surface area contributed by atoms with E-state index in [1.807, 2.05) is 25.3 Å². The van der Waals surface area contributed by atoms with Gasteiger partial charge in [-0.05, 0) is 31.9 Å². The van der Waals surface area contributed by atoms with Crippen LogP contribution < -0.4 is 5.32 Å². The first-order valence-electron chi connectivity index (χ1n) is 9.02. The van der Waals surface area contributed by atoms with Gasteiger partial charge >= 0.3 is 0 Å². The van der Waals surface area contributed by atoms with E-state index in [0.717, 1.165) is 66.9 Å². The van der Waals surface area contributed by atoms with Crippen LogP contribution in [0.2, 0.25) is 0 Å². The van der Waals surface area contributed by atoms with E-state index in [4.69, 9.17) is 4.42 Å². The molecule has 0 amide bonds. The van der Waals surface area contributed by atoms with Gasteiger partial charge in [0.1, 0.15) is 23.1 Å². The molecule has 0 aromatic carbocycles. The lowest BCUT2D eigenvalue weighted by atomic mass is 10.2. The maximum atomic E-state index is 5.69. The van der Waals surface area contributed by atoms with Crippen LogP contribution in [0.3, 0.4) is 0 Å². The molecule has 0 spiro atoms. The van der Waals surface area contributed by atoms with E-state index in [-0.39, 0.29) is 0 Å². The molecule has 7 heteroatoms.